The van der Waals surface area contributed by atoms with Crippen LogP contribution in [-0.2, 0) is 13.0 Å². The molecule has 2 heteroatoms. The fraction of sp³-hybridized carbons (Fsp3) is 0.625. The molecule has 2 rings (SSSR count). The summed E-state index contributed by atoms with van der Waals surface area (Å²) in [4.78, 5) is 0. The summed E-state index contributed by atoms with van der Waals surface area (Å²) in [5.74, 6) is 0. The van der Waals surface area contributed by atoms with Crippen molar-refractivity contribution in [3.8, 4) is 0 Å². The van der Waals surface area contributed by atoms with Crippen LogP contribution in [0, 0.1) is 5.41 Å². The average molecular weight is 250 g/mol. The number of nitrogens with two attached hydrogens (primary N) is 1. The minimum absolute atomic E-state index is 0.332. The van der Waals surface area contributed by atoms with E-state index in [0.717, 1.165) is 25.2 Å². The van der Waals surface area contributed by atoms with Crippen molar-refractivity contribution in [2.24, 2.45) is 5.41 Å². The monoisotopic (exact) mass is 250 g/mol. The normalized spacial score (nSPS) is 16.1. The van der Waals surface area contributed by atoms with Gasteiger partial charge < -0.3 is 11.1 Å². The third-order valence-corrected chi connectivity index (χ3v) is 2.82. The maximum absolute atomic E-state index is 5.80. The molecular weight excluding hydrogens is 220 g/mol. The fourth-order valence-corrected chi connectivity index (χ4v) is 2.10. The molecule has 0 atom stereocenters. The first kappa shape index (κ1) is 17.0. The van der Waals surface area contributed by atoms with Gasteiger partial charge in [0.2, 0.25) is 0 Å². The zero-order valence-electron chi connectivity index (χ0n) is 12.9. The molecule has 1 heterocycles. The van der Waals surface area contributed by atoms with Crippen LogP contribution in [-0.4, -0.2) is 6.54 Å². The Hall–Kier alpha value is -1.02. The summed E-state index contributed by atoms with van der Waals surface area (Å²) >= 11 is 0. The van der Waals surface area contributed by atoms with Crippen molar-refractivity contribution in [3.63, 3.8) is 0 Å². The lowest BCUT2D eigenvalue weighted by Gasteiger charge is -2.22. The first-order valence-electron chi connectivity index (χ1n) is 7.15. The SMILES string of the molecule is CC.CC.CC1(C)CNCc2ccc(N)cc2C1. The van der Waals surface area contributed by atoms with Gasteiger partial charge in [0, 0.05) is 18.8 Å². The third kappa shape index (κ3) is 5.09. The van der Waals surface area contributed by atoms with Crippen LogP contribution in [0.1, 0.15) is 52.7 Å². The van der Waals surface area contributed by atoms with Crippen LogP contribution in [0.15, 0.2) is 18.2 Å². The first-order valence-corrected chi connectivity index (χ1v) is 7.15. The highest BCUT2D eigenvalue weighted by Gasteiger charge is 2.22. The van der Waals surface area contributed by atoms with Crippen molar-refractivity contribution >= 4 is 5.69 Å². The van der Waals surface area contributed by atoms with E-state index in [1.54, 1.807) is 0 Å². The maximum atomic E-state index is 5.80. The van der Waals surface area contributed by atoms with Gasteiger partial charge in [-0.2, -0.15) is 0 Å². The molecule has 0 saturated carbocycles. The van der Waals surface area contributed by atoms with Gasteiger partial charge in [-0.25, -0.2) is 0 Å². The lowest BCUT2D eigenvalue weighted by molar-refractivity contribution is 0.349. The van der Waals surface area contributed by atoms with Gasteiger partial charge in [-0.05, 0) is 35.1 Å². The Morgan fingerprint density at radius 3 is 2.28 bits per heavy atom. The number of rotatable bonds is 0. The number of hydrogen-bond acceptors (Lipinski definition) is 2. The van der Waals surface area contributed by atoms with Crippen molar-refractivity contribution < 1.29 is 0 Å². The van der Waals surface area contributed by atoms with E-state index in [2.05, 4.69) is 31.3 Å². The van der Waals surface area contributed by atoms with Gasteiger partial charge in [0.05, 0.1) is 0 Å². The van der Waals surface area contributed by atoms with E-state index in [4.69, 9.17) is 5.73 Å². The summed E-state index contributed by atoms with van der Waals surface area (Å²) in [6.07, 6.45) is 1.11. The topological polar surface area (TPSA) is 38.0 Å². The number of nitrogen functional groups attached to an aromatic ring is 1. The maximum Gasteiger partial charge on any atom is 0.0316 e. The number of anilines is 1. The molecule has 0 aromatic heterocycles. The van der Waals surface area contributed by atoms with Gasteiger partial charge >= 0.3 is 0 Å². The van der Waals surface area contributed by atoms with E-state index < -0.39 is 0 Å². The van der Waals surface area contributed by atoms with E-state index in [1.807, 2.05) is 33.8 Å². The Kier molecular flexibility index (Phi) is 7.69. The van der Waals surface area contributed by atoms with Gasteiger partial charge in [-0.15, -0.1) is 0 Å². The standard InChI is InChI=1S/C12H18N2.2C2H6/c1-12(2)6-10-5-11(13)4-3-9(10)7-14-8-12;2*1-2/h3-5,14H,6-8,13H2,1-2H3;2*1-2H3. The Balaban J connectivity index is 0.000000659. The van der Waals surface area contributed by atoms with E-state index in [1.165, 1.54) is 11.1 Å². The predicted octanol–water partition coefficient (Wildman–Crippen LogP) is 3.99. The molecule has 18 heavy (non-hydrogen) atoms. The first-order chi connectivity index (χ1) is 8.57. The quantitative estimate of drug-likeness (QED) is 0.683. The number of hydrogen-bond donors (Lipinski definition) is 2. The third-order valence-electron chi connectivity index (χ3n) is 2.82. The molecule has 1 aliphatic heterocycles. The van der Waals surface area contributed by atoms with Gasteiger partial charge in [0.25, 0.3) is 0 Å². The van der Waals surface area contributed by atoms with Crippen LogP contribution in [0.25, 0.3) is 0 Å². The van der Waals surface area contributed by atoms with Crippen molar-refractivity contribution in [2.45, 2.75) is 54.5 Å². The molecule has 0 aliphatic carbocycles. The highest BCUT2D eigenvalue weighted by molar-refractivity contribution is 5.45. The predicted molar refractivity (Wildman–Crippen MR) is 82.7 cm³/mol. The van der Waals surface area contributed by atoms with E-state index in [9.17, 15) is 0 Å². The minimum Gasteiger partial charge on any atom is -0.399 e. The Labute approximate surface area is 113 Å². The van der Waals surface area contributed by atoms with Crippen LogP contribution < -0.4 is 11.1 Å². The molecule has 0 spiro atoms. The Morgan fingerprint density at radius 1 is 1.06 bits per heavy atom. The lowest BCUT2D eigenvalue weighted by atomic mass is 9.85. The summed E-state index contributed by atoms with van der Waals surface area (Å²) in [5.41, 5.74) is 9.81. The molecule has 0 saturated heterocycles. The zero-order chi connectivity index (χ0) is 14.2. The smallest absolute Gasteiger partial charge is 0.0316 e. The highest BCUT2D eigenvalue weighted by Crippen LogP contribution is 2.27. The summed E-state index contributed by atoms with van der Waals surface area (Å²) in [7, 11) is 0. The Morgan fingerprint density at radius 2 is 1.67 bits per heavy atom. The van der Waals surface area contributed by atoms with Gasteiger partial charge in [0.1, 0.15) is 0 Å². The highest BCUT2D eigenvalue weighted by atomic mass is 14.9. The average Bonchev–Trinajstić information content (AvgIpc) is 2.50. The van der Waals surface area contributed by atoms with Crippen molar-refractivity contribution in [1.29, 1.82) is 0 Å². The molecular formula is C16H30N2. The van der Waals surface area contributed by atoms with Crippen LogP contribution in [0.5, 0.6) is 0 Å². The van der Waals surface area contributed by atoms with E-state index >= 15 is 0 Å². The summed E-state index contributed by atoms with van der Waals surface area (Å²) in [5, 5.41) is 3.47. The fourth-order valence-electron chi connectivity index (χ4n) is 2.10. The molecule has 0 fully saturated rings. The molecule has 3 N–H and O–H groups in total. The van der Waals surface area contributed by atoms with E-state index in [0.29, 0.717) is 5.41 Å². The van der Waals surface area contributed by atoms with Crippen molar-refractivity contribution in [1.82, 2.24) is 5.32 Å². The molecule has 0 radical (unpaired) electrons. The minimum atomic E-state index is 0.332. The zero-order valence-corrected chi connectivity index (χ0v) is 12.9. The molecule has 104 valence electrons. The van der Waals surface area contributed by atoms with Crippen LogP contribution >= 0.6 is 0 Å². The summed E-state index contributed by atoms with van der Waals surface area (Å²) in [6.45, 7) is 14.6. The summed E-state index contributed by atoms with van der Waals surface area (Å²) in [6, 6.07) is 6.24. The molecule has 0 bridgehead atoms. The molecule has 0 amide bonds. The number of nitrogens with one attached hydrogen (secondary N) is 1. The molecule has 2 nitrogen and oxygen atoms in total. The Bertz CT molecular complexity index is 343. The van der Waals surface area contributed by atoms with Crippen LogP contribution in [0.2, 0.25) is 0 Å². The van der Waals surface area contributed by atoms with Gasteiger partial charge in [-0.1, -0.05) is 47.6 Å². The largest absolute Gasteiger partial charge is 0.399 e. The van der Waals surface area contributed by atoms with Gasteiger partial charge in [-0.3, -0.25) is 0 Å². The second kappa shape index (κ2) is 8.15. The molecule has 1 aliphatic rings. The van der Waals surface area contributed by atoms with Crippen LogP contribution in [0.4, 0.5) is 5.69 Å². The second-order valence-electron chi connectivity index (χ2n) is 4.97. The molecule has 0 unspecified atom stereocenters. The molecule has 1 aromatic rings. The van der Waals surface area contributed by atoms with Gasteiger partial charge in [0.15, 0.2) is 0 Å². The summed E-state index contributed by atoms with van der Waals surface area (Å²) < 4.78 is 0. The number of benzene rings is 1. The van der Waals surface area contributed by atoms with E-state index in [-0.39, 0.29) is 0 Å². The van der Waals surface area contributed by atoms with Crippen LogP contribution in [0.3, 0.4) is 0 Å². The van der Waals surface area contributed by atoms with Crippen molar-refractivity contribution in [2.75, 3.05) is 12.3 Å². The number of fused-ring (bicyclic) bond motifs is 1. The second-order valence-corrected chi connectivity index (χ2v) is 4.97. The van der Waals surface area contributed by atoms with Crippen molar-refractivity contribution in [3.05, 3.63) is 29.3 Å². The lowest BCUT2D eigenvalue weighted by Crippen LogP contribution is -2.27. The molecule has 1 aromatic carbocycles.